The molecule has 2 N–H and O–H groups in total. The van der Waals surface area contributed by atoms with Crippen LogP contribution in [0.15, 0.2) is 48.5 Å². The van der Waals surface area contributed by atoms with E-state index in [-0.39, 0.29) is 23.9 Å². The zero-order valence-electron chi connectivity index (χ0n) is 14.7. The van der Waals surface area contributed by atoms with E-state index < -0.39 is 0 Å². The van der Waals surface area contributed by atoms with Gasteiger partial charge in [-0.1, -0.05) is 6.42 Å². The molecule has 0 aromatic heterocycles. The molecule has 0 aliphatic heterocycles. The molecule has 1 saturated carbocycles. The van der Waals surface area contributed by atoms with Crippen LogP contribution in [0.3, 0.4) is 0 Å². The molecule has 0 unspecified atom stereocenters. The van der Waals surface area contributed by atoms with Crippen LogP contribution >= 0.6 is 0 Å². The zero-order chi connectivity index (χ0) is 18.6. The molecular weight excluding hydrogens is 335 g/mol. The Labute approximate surface area is 152 Å². The number of hydrogen-bond donors (Lipinski definition) is 2. The summed E-state index contributed by atoms with van der Waals surface area (Å²) in [6.07, 6.45) is 3.01. The van der Waals surface area contributed by atoms with Crippen LogP contribution in [0, 0.1) is 11.2 Å². The van der Waals surface area contributed by atoms with Gasteiger partial charge >= 0.3 is 6.03 Å². The van der Waals surface area contributed by atoms with Crippen LogP contribution in [0.2, 0.25) is 0 Å². The number of benzene rings is 2. The first-order valence-corrected chi connectivity index (χ1v) is 8.66. The molecule has 2 aromatic rings. The zero-order valence-corrected chi connectivity index (χ0v) is 14.7. The van der Waals surface area contributed by atoms with Gasteiger partial charge in [0, 0.05) is 24.7 Å². The highest BCUT2D eigenvalue weighted by molar-refractivity contribution is 5.89. The second kappa shape index (κ2) is 7.74. The molecule has 6 heteroatoms. The van der Waals surface area contributed by atoms with Gasteiger partial charge in [0.25, 0.3) is 0 Å². The van der Waals surface area contributed by atoms with Crippen molar-refractivity contribution in [1.29, 1.82) is 0 Å². The monoisotopic (exact) mass is 358 g/mol. The number of urea groups is 1. The van der Waals surface area contributed by atoms with Gasteiger partial charge in [0.05, 0.1) is 6.61 Å². The van der Waals surface area contributed by atoms with Crippen LogP contribution in [0.4, 0.5) is 14.9 Å². The molecule has 0 bridgehead atoms. The van der Waals surface area contributed by atoms with Gasteiger partial charge in [0.15, 0.2) is 0 Å². The van der Waals surface area contributed by atoms with E-state index in [1.165, 1.54) is 12.1 Å². The number of nitrogens with zero attached hydrogens (tertiary/aromatic N) is 1. The molecule has 5 nitrogen and oxygen atoms in total. The molecule has 2 amide bonds. The molecule has 26 heavy (non-hydrogen) atoms. The molecule has 0 saturated heterocycles. The quantitative estimate of drug-likeness (QED) is 0.812. The van der Waals surface area contributed by atoms with Crippen LogP contribution < -0.4 is 10.1 Å². The van der Waals surface area contributed by atoms with Crippen LogP contribution in [0.25, 0.3) is 0 Å². The van der Waals surface area contributed by atoms with Crippen molar-refractivity contribution in [1.82, 2.24) is 4.90 Å². The molecule has 1 fully saturated rings. The van der Waals surface area contributed by atoms with Gasteiger partial charge in [-0.05, 0) is 61.4 Å². The van der Waals surface area contributed by atoms with Crippen LogP contribution in [-0.4, -0.2) is 36.2 Å². The first-order chi connectivity index (χ1) is 12.5. The van der Waals surface area contributed by atoms with E-state index in [1.54, 1.807) is 48.3 Å². The van der Waals surface area contributed by atoms with E-state index >= 15 is 0 Å². The number of aliphatic hydroxyl groups is 1. The Kier molecular flexibility index (Phi) is 5.42. The van der Waals surface area contributed by atoms with Crippen molar-refractivity contribution in [3.63, 3.8) is 0 Å². The summed E-state index contributed by atoms with van der Waals surface area (Å²) in [4.78, 5) is 13.9. The third-order valence-electron chi connectivity index (χ3n) is 4.82. The normalized spacial score (nSPS) is 15.0. The number of rotatable bonds is 6. The number of nitrogens with one attached hydrogen (secondary N) is 1. The van der Waals surface area contributed by atoms with Gasteiger partial charge in [0.1, 0.15) is 17.3 Å². The van der Waals surface area contributed by atoms with Crippen molar-refractivity contribution in [2.45, 2.75) is 19.3 Å². The molecule has 2 aromatic carbocycles. The number of aliphatic hydroxyl groups excluding tert-OH is 1. The lowest BCUT2D eigenvalue weighted by molar-refractivity contribution is 0.0243. The van der Waals surface area contributed by atoms with Gasteiger partial charge in [-0.3, -0.25) is 0 Å². The van der Waals surface area contributed by atoms with Crippen molar-refractivity contribution >= 4 is 11.7 Å². The van der Waals surface area contributed by atoms with E-state index in [0.29, 0.717) is 23.7 Å². The number of hydrogen-bond acceptors (Lipinski definition) is 3. The standard InChI is InChI=1S/C20H23FN2O3/c1-23(13-20(14-24)11-2-12-20)19(25)22-16-5-9-18(10-6-16)26-17-7-3-15(21)4-8-17/h3-10,24H,2,11-14H2,1H3,(H,22,25). The van der Waals surface area contributed by atoms with Gasteiger partial charge in [-0.2, -0.15) is 0 Å². The van der Waals surface area contributed by atoms with Crippen molar-refractivity contribution in [2.24, 2.45) is 5.41 Å². The Hall–Kier alpha value is -2.60. The minimum absolute atomic E-state index is 0.111. The summed E-state index contributed by atoms with van der Waals surface area (Å²) in [6.45, 7) is 0.654. The lowest BCUT2D eigenvalue weighted by Crippen LogP contribution is -2.46. The summed E-state index contributed by atoms with van der Waals surface area (Å²) in [5.74, 6) is 0.818. The van der Waals surface area contributed by atoms with Crippen LogP contribution in [0.5, 0.6) is 11.5 Å². The topological polar surface area (TPSA) is 61.8 Å². The number of amides is 2. The minimum atomic E-state index is -0.315. The first kappa shape index (κ1) is 18.2. The molecule has 138 valence electrons. The van der Waals surface area contributed by atoms with E-state index in [4.69, 9.17) is 4.74 Å². The number of halogens is 1. The summed E-state index contributed by atoms with van der Waals surface area (Å²) >= 11 is 0. The lowest BCUT2D eigenvalue weighted by Gasteiger charge is -2.42. The van der Waals surface area contributed by atoms with E-state index in [1.807, 2.05) is 0 Å². The Morgan fingerprint density at radius 1 is 1.15 bits per heavy atom. The van der Waals surface area contributed by atoms with Gasteiger partial charge in [-0.15, -0.1) is 0 Å². The average molecular weight is 358 g/mol. The highest BCUT2D eigenvalue weighted by Gasteiger charge is 2.38. The van der Waals surface area contributed by atoms with Crippen LogP contribution in [0.1, 0.15) is 19.3 Å². The molecule has 0 radical (unpaired) electrons. The van der Waals surface area contributed by atoms with E-state index in [0.717, 1.165) is 19.3 Å². The Bertz CT molecular complexity index is 737. The number of carbonyl (C=O) groups is 1. The third-order valence-corrected chi connectivity index (χ3v) is 4.82. The predicted molar refractivity (Wildman–Crippen MR) is 97.9 cm³/mol. The number of anilines is 1. The van der Waals surface area contributed by atoms with Gasteiger partial charge < -0.3 is 20.1 Å². The summed E-state index contributed by atoms with van der Waals surface area (Å²) in [5, 5.41) is 12.4. The third kappa shape index (κ3) is 4.32. The Balaban J connectivity index is 1.54. The SMILES string of the molecule is CN(CC1(CO)CCC1)C(=O)Nc1ccc(Oc2ccc(F)cc2)cc1. The lowest BCUT2D eigenvalue weighted by atomic mass is 9.69. The van der Waals surface area contributed by atoms with Crippen molar-refractivity contribution in [3.8, 4) is 11.5 Å². The Morgan fingerprint density at radius 2 is 1.73 bits per heavy atom. The molecule has 1 aliphatic carbocycles. The highest BCUT2D eigenvalue weighted by Crippen LogP contribution is 2.40. The van der Waals surface area contributed by atoms with Crippen molar-refractivity contribution in [3.05, 3.63) is 54.3 Å². The Morgan fingerprint density at radius 3 is 2.23 bits per heavy atom. The maximum Gasteiger partial charge on any atom is 0.321 e. The van der Waals surface area contributed by atoms with Gasteiger partial charge in [0.2, 0.25) is 0 Å². The number of carbonyl (C=O) groups excluding carboxylic acids is 1. The first-order valence-electron chi connectivity index (χ1n) is 8.66. The van der Waals surface area contributed by atoms with Gasteiger partial charge in [-0.25, -0.2) is 9.18 Å². The largest absolute Gasteiger partial charge is 0.457 e. The average Bonchev–Trinajstić information content (AvgIpc) is 2.61. The van der Waals surface area contributed by atoms with E-state index in [2.05, 4.69) is 5.32 Å². The number of ether oxygens (including phenoxy) is 1. The second-order valence-electron chi connectivity index (χ2n) is 6.88. The summed E-state index contributed by atoms with van der Waals surface area (Å²) < 4.78 is 18.5. The molecule has 0 atom stereocenters. The maximum absolute atomic E-state index is 12.9. The van der Waals surface area contributed by atoms with Crippen LogP contribution in [-0.2, 0) is 0 Å². The molecule has 3 rings (SSSR count). The summed E-state index contributed by atoms with van der Waals surface area (Å²) in [6, 6.07) is 12.5. The van der Waals surface area contributed by atoms with E-state index in [9.17, 15) is 14.3 Å². The maximum atomic E-state index is 12.9. The van der Waals surface area contributed by atoms with Crippen molar-refractivity contribution in [2.75, 3.05) is 25.5 Å². The fraction of sp³-hybridized carbons (Fsp3) is 0.350. The predicted octanol–water partition coefficient (Wildman–Crippen LogP) is 4.24. The molecule has 0 spiro atoms. The minimum Gasteiger partial charge on any atom is -0.457 e. The molecule has 1 aliphatic rings. The smallest absolute Gasteiger partial charge is 0.321 e. The molecular formula is C20H23FN2O3. The summed E-state index contributed by atoms with van der Waals surface area (Å²) in [5.41, 5.74) is 0.513. The fourth-order valence-electron chi connectivity index (χ4n) is 3.08. The highest BCUT2D eigenvalue weighted by atomic mass is 19.1. The fourth-order valence-corrected chi connectivity index (χ4v) is 3.08. The second-order valence-corrected chi connectivity index (χ2v) is 6.88. The summed E-state index contributed by atoms with van der Waals surface area (Å²) in [7, 11) is 1.73. The molecule has 0 heterocycles. The van der Waals surface area contributed by atoms with Crippen molar-refractivity contribution < 1.29 is 19.0 Å².